The topological polar surface area (TPSA) is 17.8 Å². The molecule has 0 aliphatic carbocycles. The molecule has 0 fully saturated rings. The molecule has 5 aromatic carbocycles. The molecule has 0 saturated heterocycles. The van der Waals surface area contributed by atoms with E-state index in [-0.39, 0.29) is 0 Å². The maximum absolute atomic E-state index is 4.84. The van der Waals surface area contributed by atoms with Gasteiger partial charge in [-0.1, -0.05) is 84.9 Å². The number of hydrogen-bond donors (Lipinski definition) is 0. The Bertz CT molecular complexity index is 1810. The van der Waals surface area contributed by atoms with Crippen LogP contribution in [-0.4, -0.2) is 9.55 Å². The van der Waals surface area contributed by atoms with E-state index in [9.17, 15) is 0 Å². The first-order valence-electron chi connectivity index (χ1n) is 11.2. The quantitative estimate of drug-likeness (QED) is 0.258. The summed E-state index contributed by atoms with van der Waals surface area (Å²) >= 11 is 0. The lowest BCUT2D eigenvalue weighted by molar-refractivity contribution is 1.18. The van der Waals surface area contributed by atoms with Crippen LogP contribution in [0.5, 0.6) is 0 Å². The average molecular weight is 421 g/mol. The van der Waals surface area contributed by atoms with Gasteiger partial charge >= 0.3 is 0 Å². The van der Waals surface area contributed by atoms with Crippen LogP contribution in [0.2, 0.25) is 0 Å². The van der Waals surface area contributed by atoms with Crippen molar-refractivity contribution in [1.82, 2.24) is 9.55 Å². The molecule has 0 saturated carbocycles. The average Bonchev–Trinajstić information content (AvgIpc) is 3.22. The fraction of sp³-hybridized carbons (Fsp3) is 0. The van der Waals surface area contributed by atoms with Crippen molar-refractivity contribution >= 4 is 43.4 Å². The van der Waals surface area contributed by atoms with Gasteiger partial charge in [-0.25, -0.2) is 0 Å². The van der Waals surface area contributed by atoms with E-state index in [1.54, 1.807) is 0 Å². The van der Waals surface area contributed by atoms with Gasteiger partial charge in [0.05, 0.1) is 16.7 Å². The summed E-state index contributed by atoms with van der Waals surface area (Å²) < 4.78 is 2.36. The van der Waals surface area contributed by atoms with Crippen molar-refractivity contribution in [3.63, 3.8) is 0 Å². The molecule has 154 valence electrons. The Morgan fingerprint density at radius 1 is 0.485 bits per heavy atom. The molecule has 2 aromatic heterocycles. The fourth-order valence-electron chi connectivity index (χ4n) is 5.14. The molecule has 0 atom stereocenters. The molecule has 33 heavy (non-hydrogen) atoms. The maximum Gasteiger partial charge on any atom is 0.0781 e. The second-order valence-corrected chi connectivity index (χ2v) is 8.46. The summed E-state index contributed by atoms with van der Waals surface area (Å²) in [5, 5.41) is 7.45. The molecule has 0 amide bonds. The molecule has 2 nitrogen and oxygen atoms in total. The van der Waals surface area contributed by atoms with Crippen LogP contribution >= 0.6 is 0 Å². The van der Waals surface area contributed by atoms with Crippen molar-refractivity contribution in [3.8, 4) is 16.9 Å². The summed E-state index contributed by atoms with van der Waals surface area (Å²) in [6, 6.07) is 41.0. The SMILES string of the molecule is c1ccc(-n2c3ccccc3c3ccc(-c4nccc5c4ccc4ccccc45)cc32)cc1. The molecule has 0 N–H and O–H groups in total. The summed E-state index contributed by atoms with van der Waals surface area (Å²) in [5.74, 6) is 0. The van der Waals surface area contributed by atoms with E-state index in [0.717, 1.165) is 16.9 Å². The van der Waals surface area contributed by atoms with E-state index in [0.29, 0.717) is 0 Å². The van der Waals surface area contributed by atoms with Crippen molar-refractivity contribution in [2.45, 2.75) is 0 Å². The zero-order valence-corrected chi connectivity index (χ0v) is 17.9. The summed E-state index contributed by atoms with van der Waals surface area (Å²) in [6.45, 7) is 0. The van der Waals surface area contributed by atoms with Crippen molar-refractivity contribution in [2.24, 2.45) is 0 Å². The standard InChI is InChI=1S/C31H20N2/c1-2-9-23(10-3-1)33-29-13-7-6-12-26(29)27-16-15-22(20-30(27)33)31-28-17-14-21-8-4-5-11-24(21)25(28)18-19-32-31/h1-20H. The normalized spacial score (nSPS) is 11.6. The van der Waals surface area contributed by atoms with Crippen LogP contribution < -0.4 is 0 Å². The van der Waals surface area contributed by atoms with Crippen LogP contribution in [0.25, 0.3) is 60.3 Å². The highest BCUT2D eigenvalue weighted by molar-refractivity contribution is 6.13. The highest BCUT2D eigenvalue weighted by Gasteiger charge is 2.14. The van der Waals surface area contributed by atoms with Crippen LogP contribution in [0.4, 0.5) is 0 Å². The summed E-state index contributed by atoms with van der Waals surface area (Å²) in [5.41, 5.74) is 5.72. The van der Waals surface area contributed by atoms with E-state index < -0.39 is 0 Å². The van der Waals surface area contributed by atoms with Gasteiger partial charge in [0.25, 0.3) is 0 Å². The minimum absolute atomic E-state index is 1.02. The van der Waals surface area contributed by atoms with Crippen molar-refractivity contribution in [2.75, 3.05) is 0 Å². The number of benzene rings is 5. The van der Waals surface area contributed by atoms with Gasteiger partial charge in [0.2, 0.25) is 0 Å². The van der Waals surface area contributed by atoms with Gasteiger partial charge in [-0.05, 0) is 46.5 Å². The Balaban J connectivity index is 1.55. The molecule has 7 rings (SSSR count). The van der Waals surface area contributed by atoms with Gasteiger partial charge in [-0.15, -0.1) is 0 Å². The van der Waals surface area contributed by atoms with Gasteiger partial charge < -0.3 is 4.57 Å². The second kappa shape index (κ2) is 7.04. The van der Waals surface area contributed by atoms with Crippen molar-refractivity contribution in [3.05, 3.63) is 121 Å². The first-order chi connectivity index (χ1) is 16.4. The number of hydrogen-bond acceptors (Lipinski definition) is 1. The van der Waals surface area contributed by atoms with Crippen LogP contribution in [0, 0.1) is 0 Å². The fourth-order valence-corrected chi connectivity index (χ4v) is 5.14. The lowest BCUT2D eigenvalue weighted by Gasteiger charge is -2.11. The van der Waals surface area contributed by atoms with Gasteiger partial charge in [0.15, 0.2) is 0 Å². The Hall–Kier alpha value is -4.43. The molecule has 0 spiro atoms. The van der Waals surface area contributed by atoms with Crippen LogP contribution in [-0.2, 0) is 0 Å². The molecule has 0 radical (unpaired) electrons. The predicted molar refractivity (Wildman–Crippen MR) is 139 cm³/mol. The molecule has 2 heteroatoms. The molecule has 0 aliphatic rings. The Morgan fingerprint density at radius 2 is 1.21 bits per heavy atom. The van der Waals surface area contributed by atoms with Crippen molar-refractivity contribution in [1.29, 1.82) is 0 Å². The number of para-hydroxylation sites is 2. The highest BCUT2D eigenvalue weighted by atomic mass is 15.0. The zero-order chi connectivity index (χ0) is 21.8. The van der Waals surface area contributed by atoms with Gasteiger partial charge in [0, 0.05) is 33.6 Å². The number of pyridine rings is 1. The number of nitrogens with zero attached hydrogens (tertiary/aromatic N) is 2. The first kappa shape index (κ1) is 18.2. The molecule has 7 aromatic rings. The summed E-state index contributed by atoms with van der Waals surface area (Å²) in [7, 11) is 0. The van der Waals surface area contributed by atoms with E-state index >= 15 is 0 Å². The smallest absolute Gasteiger partial charge is 0.0781 e. The van der Waals surface area contributed by atoms with Crippen LogP contribution in [0.1, 0.15) is 0 Å². The predicted octanol–water partition coefficient (Wildman–Crippen LogP) is 8.15. The second-order valence-electron chi connectivity index (χ2n) is 8.46. The lowest BCUT2D eigenvalue weighted by atomic mass is 9.98. The minimum Gasteiger partial charge on any atom is -0.309 e. The van der Waals surface area contributed by atoms with Gasteiger partial charge in [-0.3, -0.25) is 4.98 Å². The van der Waals surface area contributed by atoms with Gasteiger partial charge in [-0.2, -0.15) is 0 Å². The van der Waals surface area contributed by atoms with E-state index in [1.807, 2.05) is 6.20 Å². The third kappa shape index (κ3) is 2.71. The highest BCUT2D eigenvalue weighted by Crippen LogP contribution is 2.37. The Morgan fingerprint density at radius 3 is 2.12 bits per heavy atom. The molecule has 2 heterocycles. The van der Waals surface area contributed by atoms with Gasteiger partial charge in [0.1, 0.15) is 0 Å². The third-order valence-corrected chi connectivity index (χ3v) is 6.63. The van der Waals surface area contributed by atoms with Crippen LogP contribution in [0.15, 0.2) is 121 Å². The van der Waals surface area contributed by atoms with E-state index in [4.69, 9.17) is 4.98 Å². The monoisotopic (exact) mass is 420 g/mol. The molecular formula is C31H20N2. The van der Waals surface area contributed by atoms with E-state index in [2.05, 4.69) is 120 Å². The number of rotatable bonds is 2. The summed E-state index contributed by atoms with van der Waals surface area (Å²) in [4.78, 5) is 4.84. The number of fused-ring (bicyclic) bond motifs is 6. The molecule has 0 unspecified atom stereocenters. The molecular weight excluding hydrogens is 400 g/mol. The largest absolute Gasteiger partial charge is 0.309 e. The third-order valence-electron chi connectivity index (χ3n) is 6.63. The Labute approximate surface area is 191 Å². The number of aromatic nitrogens is 2. The lowest BCUT2D eigenvalue weighted by Crippen LogP contribution is -1.93. The van der Waals surface area contributed by atoms with Crippen LogP contribution in [0.3, 0.4) is 0 Å². The summed E-state index contributed by atoms with van der Waals surface area (Å²) in [6.07, 6.45) is 1.93. The zero-order valence-electron chi connectivity index (χ0n) is 17.9. The maximum atomic E-state index is 4.84. The molecule has 0 aliphatic heterocycles. The van der Waals surface area contributed by atoms with Crippen molar-refractivity contribution < 1.29 is 0 Å². The van der Waals surface area contributed by atoms with E-state index in [1.165, 1.54) is 43.4 Å². The minimum atomic E-state index is 1.02. The Kier molecular flexibility index (Phi) is 3.88. The first-order valence-corrected chi connectivity index (χ1v) is 11.2. The molecule has 0 bridgehead atoms.